The first-order valence-corrected chi connectivity index (χ1v) is 5.08. The summed E-state index contributed by atoms with van der Waals surface area (Å²) in [5.41, 5.74) is 0. The number of carboxylic acids is 1. The fourth-order valence-corrected chi connectivity index (χ4v) is 2.85. The maximum absolute atomic E-state index is 10.4. The van der Waals surface area contributed by atoms with Crippen molar-refractivity contribution in [3.05, 3.63) is 0 Å². The van der Waals surface area contributed by atoms with Crippen LogP contribution in [-0.2, 0) is 4.79 Å². The van der Waals surface area contributed by atoms with Gasteiger partial charge in [0.05, 0.1) is 0 Å². The van der Waals surface area contributed by atoms with Crippen LogP contribution in [0.3, 0.4) is 0 Å². The summed E-state index contributed by atoms with van der Waals surface area (Å²) in [5, 5.41) is 9.14. The Balaban J connectivity index is 2.28. The van der Waals surface area contributed by atoms with Crippen LogP contribution in [0.5, 0.6) is 0 Å². The van der Waals surface area contributed by atoms with Crippen LogP contribution in [0.2, 0.25) is 0 Å². The lowest BCUT2D eigenvalue weighted by molar-refractivity contribution is -0.137. The van der Waals surface area contributed by atoms with Crippen molar-refractivity contribution in [2.24, 2.45) is 5.92 Å². The Morgan fingerprint density at radius 1 is 1.82 bits per heavy atom. The fraction of sp³-hybridized carbons (Fsp3) is 0.875. The largest absolute Gasteiger partial charge is 0.481 e. The quantitative estimate of drug-likeness (QED) is 0.711. The topological polar surface area (TPSA) is 37.3 Å². The molecule has 0 aromatic heterocycles. The van der Waals surface area contributed by atoms with Crippen molar-refractivity contribution >= 4 is 17.7 Å². The fourth-order valence-electron chi connectivity index (χ4n) is 1.46. The Hall–Kier alpha value is -0.180. The minimum absolute atomic E-state index is 0.331. The summed E-state index contributed by atoms with van der Waals surface area (Å²) in [5.74, 6) is 0.902. The van der Waals surface area contributed by atoms with E-state index in [0.29, 0.717) is 17.6 Å². The van der Waals surface area contributed by atoms with Crippen LogP contribution in [0.1, 0.15) is 26.2 Å². The minimum atomic E-state index is -0.662. The van der Waals surface area contributed by atoms with Crippen molar-refractivity contribution in [1.82, 2.24) is 0 Å². The lowest BCUT2D eigenvalue weighted by Crippen LogP contribution is -2.14. The summed E-state index contributed by atoms with van der Waals surface area (Å²) < 4.78 is 0. The molecular weight excluding hydrogens is 160 g/mol. The third kappa shape index (κ3) is 2.73. The highest BCUT2D eigenvalue weighted by Gasteiger charge is 2.23. The smallest absolute Gasteiger partial charge is 0.303 e. The minimum Gasteiger partial charge on any atom is -0.481 e. The van der Waals surface area contributed by atoms with Crippen molar-refractivity contribution in [3.63, 3.8) is 0 Å². The Kier molecular flexibility index (Phi) is 3.24. The molecule has 0 radical (unpaired) electrons. The van der Waals surface area contributed by atoms with E-state index < -0.39 is 5.97 Å². The van der Waals surface area contributed by atoms with Crippen LogP contribution in [-0.4, -0.2) is 22.1 Å². The molecule has 1 aliphatic rings. The molecule has 0 bridgehead atoms. The maximum Gasteiger partial charge on any atom is 0.303 e. The highest BCUT2D eigenvalue weighted by atomic mass is 32.2. The molecule has 2 nitrogen and oxygen atoms in total. The van der Waals surface area contributed by atoms with Gasteiger partial charge in [-0.3, -0.25) is 4.79 Å². The molecular formula is C8H14O2S. The Labute approximate surface area is 71.4 Å². The van der Waals surface area contributed by atoms with Crippen LogP contribution in [0.15, 0.2) is 0 Å². The molecule has 0 saturated carbocycles. The first kappa shape index (κ1) is 8.91. The highest BCUT2D eigenvalue weighted by molar-refractivity contribution is 8.00. The van der Waals surface area contributed by atoms with Gasteiger partial charge in [0.15, 0.2) is 0 Å². The van der Waals surface area contributed by atoms with E-state index in [1.807, 2.05) is 18.7 Å². The van der Waals surface area contributed by atoms with E-state index >= 15 is 0 Å². The van der Waals surface area contributed by atoms with Crippen LogP contribution in [0.4, 0.5) is 0 Å². The molecule has 3 heteroatoms. The van der Waals surface area contributed by atoms with E-state index in [-0.39, 0.29) is 0 Å². The first-order valence-electron chi connectivity index (χ1n) is 4.03. The molecule has 1 rings (SSSR count). The maximum atomic E-state index is 10.4. The number of hydrogen-bond acceptors (Lipinski definition) is 2. The molecule has 2 atom stereocenters. The third-order valence-electron chi connectivity index (χ3n) is 2.10. The second-order valence-electron chi connectivity index (χ2n) is 3.13. The predicted octanol–water partition coefficient (Wildman–Crippen LogP) is 1.99. The van der Waals surface area contributed by atoms with Gasteiger partial charge in [-0.05, 0) is 24.5 Å². The first-order chi connectivity index (χ1) is 5.20. The molecule has 1 fully saturated rings. The molecule has 1 saturated heterocycles. The highest BCUT2D eigenvalue weighted by Crippen LogP contribution is 2.33. The summed E-state index contributed by atoms with van der Waals surface area (Å²) in [6, 6.07) is 0. The molecule has 1 N–H and O–H groups in total. The van der Waals surface area contributed by atoms with Crippen LogP contribution < -0.4 is 0 Å². The number of carboxylic acid groups (broad SMARTS) is 1. The summed E-state index contributed by atoms with van der Waals surface area (Å²) in [4.78, 5) is 10.4. The monoisotopic (exact) mass is 174 g/mol. The summed E-state index contributed by atoms with van der Waals surface area (Å²) in [6.07, 6.45) is 2.80. The van der Waals surface area contributed by atoms with Gasteiger partial charge in [0.25, 0.3) is 0 Å². The van der Waals surface area contributed by atoms with Crippen molar-refractivity contribution in [3.8, 4) is 0 Å². The van der Waals surface area contributed by atoms with Gasteiger partial charge in [-0.2, -0.15) is 11.8 Å². The Morgan fingerprint density at radius 2 is 2.55 bits per heavy atom. The van der Waals surface area contributed by atoms with E-state index in [0.717, 1.165) is 0 Å². The van der Waals surface area contributed by atoms with E-state index in [1.165, 1.54) is 18.6 Å². The van der Waals surface area contributed by atoms with Gasteiger partial charge in [0.1, 0.15) is 0 Å². The zero-order valence-electron chi connectivity index (χ0n) is 6.75. The van der Waals surface area contributed by atoms with Gasteiger partial charge in [0.2, 0.25) is 0 Å². The van der Waals surface area contributed by atoms with Crippen molar-refractivity contribution in [2.45, 2.75) is 31.4 Å². The second-order valence-corrected chi connectivity index (χ2v) is 4.47. The van der Waals surface area contributed by atoms with E-state index in [9.17, 15) is 4.79 Å². The van der Waals surface area contributed by atoms with E-state index in [1.54, 1.807) is 0 Å². The SMILES string of the molecule is CC(CC(=O)O)C1CCCS1. The number of rotatable bonds is 3. The zero-order valence-corrected chi connectivity index (χ0v) is 7.56. The molecule has 2 unspecified atom stereocenters. The molecule has 11 heavy (non-hydrogen) atoms. The number of hydrogen-bond donors (Lipinski definition) is 1. The third-order valence-corrected chi connectivity index (χ3v) is 3.75. The van der Waals surface area contributed by atoms with Gasteiger partial charge in [-0.15, -0.1) is 0 Å². The summed E-state index contributed by atoms with van der Waals surface area (Å²) in [7, 11) is 0. The van der Waals surface area contributed by atoms with Crippen LogP contribution >= 0.6 is 11.8 Å². The van der Waals surface area contributed by atoms with Gasteiger partial charge in [0, 0.05) is 11.7 Å². The molecule has 0 aliphatic carbocycles. The zero-order chi connectivity index (χ0) is 8.27. The average molecular weight is 174 g/mol. The Morgan fingerprint density at radius 3 is 3.00 bits per heavy atom. The average Bonchev–Trinajstić information content (AvgIpc) is 2.35. The molecule has 64 valence electrons. The predicted molar refractivity (Wildman–Crippen MR) is 46.9 cm³/mol. The number of thioether (sulfide) groups is 1. The normalized spacial score (nSPS) is 26.8. The Bertz CT molecular complexity index is 141. The molecule has 1 aliphatic heterocycles. The molecule has 1 heterocycles. The molecule has 0 spiro atoms. The van der Waals surface area contributed by atoms with Gasteiger partial charge in [-0.1, -0.05) is 6.92 Å². The number of carbonyl (C=O) groups is 1. The standard InChI is InChI=1S/C8H14O2S/c1-6(5-8(9)10)7-3-2-4-11-7/h6-7H,2-5H2,1H3,(H,9,10). The van der Waals surface area contributed by atoms with Crippen molar-refractivity contribution in [1.29, 1.82) is 0 Å². The summed E-state index contributed by atoms with van der Waals surface area (Å²) in [6.45, 7) is 2.04. The lowest BCUT2D eigenvalue weighted by Gasteiger charge is -2.15. The molecule has 0 amide bonds. The van der Waals surface area contributed by atoms with Crippen LogP contribution in [0.25, 0.3) is 0 Å². The summed E-state index contributed by atoms with van der Waals surface area (Å²) >= 11 is 1.93. The van der Waals surface area contributed by atoms with Gasteiger partial charge in [-0.25, -0.2) is 0 Å². The molecule has 0 aromatic carbocycles. The number of aliphatic carboxylic acids is 1. The molecule has 0 aromatic rings. The van der Waals surface area contributed by atoms with Crippen LogP contribution in [0, 0.1) is 5.92 Å². The lowest BCUT2D eigenvalue weighted by atomic mass is 10.0. The van der Waals surface area contributed by atoms with E-state index in [2.05, 4.69) is 0 Å². The van der Waals surface area contributed by atoms with Gasteiger partial charge >= 0.3 is 5.97 Å². The van der Waals surface area contributed by atoms with Crippen molar-refractivity contribution < 1.29 is 9.90 Å². The van der Waals surface area contributed by atoms with Crippen molar-refractivity contribution in [2.75, 3.05) is 5.75 Å². The van der Waals surface area contributed by atoms with Gasteiger partial charge < -0.3 is 5.11 Å². The van der Waals surface area contributed by atoms with E-state index in [4.69, 9.17) is 5.11 Å². The second kappa shape index (κ2) is 4.00.